The third-order valence-electron chi connectivity index (χ3n) is 7.69. The van der Waals surface area contributed by atoms with Gasteiger partial charge in [0.1, 0.15) is 10.7 Å². The molecule has 0 radical (unpaired) electrons. The number of nitrogens with two attached hydrogens (primary N) is 1. The molecule has 0 bridgehead atoms. The highest BCUT2D eigenvalue weighted by Crippen LogP contribution is 2.40. The van der Waals surface area contributed by atoms with Crippen molar-refractivity contribution in [2.45, 2.75) is 44.9 Å². The average Bonchev–Trinajstić information content (AvgIpc) is 3.59. The summed E-state index contributed by atoms with van der Waals surface area (Å²) in [6.45, 7) is 2.99. The number of hydrogen-bond acceptors (Lipinski definition) is 8. The third-order valence-corrected chi connectivity index (χ3v) is 8.85. The van der Waals surface area contributed by atoms with E-state index in [-0.39, 0.29) is 17.7 Å². The summed E-state index contributed by atoms with van der Waals surface area (Å²) >= 11 is 1.35. The molecular weight excluding hydrogens is 514 g/mol. The van der Waals surface area contributed by atoms with Crippen molar-refractivity contribution in [1.29, 1.82) is 0 Å². The van der Waals surface area contributed by atoms with Gasteiger partial charge in [0.05, 0.1) is 25.1 Å². The Kier molecular flexibility index (Phi) is 8.13. The normalized spacial score (nSPS) is 21.1. The lowest BCUT2D eigenvalue weighted by molar-refractivity contribution is -0.123. The van der Waals surface area contributed by atoms with E-state index in [1.54, 1.807) is 28.8 Å². The van der Waals surface area contributed by atoms with Gasteiger partial charge in [-0.1, -0.05) is 25.2 Å². The monoisotopic (exact) mass is 549 g/mol. The highest BCUT2D eigenvalue weighted by molar-refractivity contribution is 7.15. The van der Waals surface area contributed by atoms with E-state index in [9.17, 15) is 9.59 Å². The molecule has 1 atom stereocenters. The quantitative estimate of drug-likeness (QED) is 0.390. The van der Waals surface area contributed by atoms with E-state index in [4.69, 9.17) is 15.2 Å². The molecule has 1 amide bonds. The molecule has 10 heteroatoms. The molecule has 206 valence electrons. The number of rotatable bonds is 8. The molecule has 0 aromatic carbocycles. The summed E-state index contributed by atoms with van der Waals surface area (Å²) in [4.78, 5) is 34.0. The van der Waals surface area contributed by atoms with Crippen LogP contribution in [-0.2, 0) is 14.3 Å². The van der Waals surface area contributed by atoms with Crippen molar-refractivity contribution < 1.29 is 19.1 Å². The smallest absolute Gasteiger partial charge is 0.350 e. The second-order valence-electron chi connectivity index (χ2n) is 10.3. The molecule has 1 unspecified atom stereocenters. The van der Waals surface area contributed by atoms with Gasteiger partial charge in [-0.15, -0.1) is 11.3 Å². The number of fused-ring (bicyclic) bond motifs is 1. The van der Waals surface area contributed by atoms with Crippen LogP contribution in [0.2, 0.25) is 0 Å². The largest absolute Gasteiger partial charge is 0.465 e. The number of carbonyl (C=O) groups is 2. The van der Waals surface area contributed by atoms with Crippen molar-refractivity contribution in [3.05, 3.63) is 58.1 Å². The van der Waals surface area contributed by atoms with Gasteiger partial charge >= 0.3 is 5.97 Å². The van der Waals surface area contributed by atoms with Crippen LogP contribution in [-0.4, -0.2) is 53.8 Å². The minimum Gasteiger partial charge on any atom is -0.465 e. The van der Waals surface area contributed by atoms with Crippen molar-refractivity contribution in [2.75, 3.05) is 38.0 Å². The standard InChI is InChI=1S/C29H35N5O4S/c1-18-4-6-21(7-5-18)28(35)33(14-15-37-2)23-17-24(39-27(23)29(36)38-3)20-10-8-19(9-11-20)22-16-26-31-13-12-25(30)34(26)32-22/h8,10-13,16-19,21H,4-7,9,14-15,30H2,1-3H3. The summed E-state index contributed by atoms with van der Waals surface area (Å²) in [6.07, 6.45) is 12.5. The van der Waals surface area contributed by atoms with Gasteiger partial charge in [-0.2, -0.15) is 9.61 Å². The van der Waals surface area contributed by atoms with Crippen LogP contribution < -0.4 is 10.6 Å². The van der Waals surface area contributed by atoms with Crippen LogP contribution in [0.5, 0.6) is 0 Å². The van der Waals surface area contributed by atoms with Gasteiger partial charge in [-0.25, -0.2) is 9.78 Å². The predicted molar refractivity (Wildman–Crippen MR) is 153 cm³/mol. The number of nitrogen functional groups attached to an aromatic ring is 1. The van der Waals surface area contributed by atoms with Crippen molar-refractivity contribution >= 4 is 45.9 Å². The Bertz CT molecular complexity index is 1420. The predicted octanol–water partition coefficient (Wildman–Crippen LogP) is 5.09. The topological polar surface area (TPSA) is 112 Å². The Balaban J connectivity index is 1.42. The first-order valence-electron chi connectivity index (χ1n) is 13.4. The second kappa shape index (κ2) is 11.7. The zero-order valence-corrected chi connectivity index (χ0v) is 23.4. The molecule has 39 heavy (non-hydrogen) atoms. The summed E-state index contributed by atoms with van der Waals surface area (Å²) < 4.78 is 12.1. The lowest BCUT2D eigenvalue weighted by atomic mass is 9.82. The Morgan fingerprint density at radius 1 is 1.21 bits per heavy atom. The summed E-state index contributed by atoms with van der Waals surface area (Å²) in [5.41, 5.74) is 9.25. The van der Waals surface area contributed by atoms with Crippen LogP contribution in [0.1, 0.15) is 65.2 Å². The maximum absolute atomic E-state index is 13.7. The molecule has 2 aliphatic rings. The number of anilines is 2. The van der Waals surface area contributed by atoms with Gasteiger partial charge in [0.2, 0.25) is 5.91 Å². The Hall–Kier alpha value is -3.50. The number of methoxy groups -OCH3 is 2. The van der Waals surface area contributed by atoms with Crippen LogP contribution in [0.3, 0.4) is 0 Å². The number of esters is 1. The summed E-state index contributed by atoms with van der Waals surface area (Å²) in [7, 11) is 2.99. The van der Waals surface area contributed by atoms with Crippen LogP contribution in [0.15, 0.2) is 42.6 Å². The van der Waals surface area contributed by atoms with E-state index in [2.05, 4.69) is 35.2 Å². The first-order valence-corrected chi connectivity index (χ1v) is 14.2. The first-order chi connectivity index (χ1) is 18.9. The molecule has 0 saturated heterocycles. The van der Waals surface area contributed by atoms with Gasteiger partial charge in [0, 0.05) is 42.6 Å². The van der Waals surface area contributed by atoms with Crippen LogP contribution in [0, 0.1) is 11.8 Å². The van der Waals surface area contributed by atoms with Gasteiger partial charge in [-0.3, -0.25) is 4.79 Å². The lowest BCUT2D eigenvalue weighted by Gasteiger charge is -2.31. The summed E-state index contributed by atoms with van der Waals surface area (Å²) in [5.74, 6) is 0.836. The maximum atomic E-state index is 13.7. The van der Waals surface area contributed by atoms with Gasteiger partial charge in [0.25, 0.3) is 0 Å². The van der Waals surface area contributed by atoms with E-state index in [0.717, 1.165) is 48.2 Å². The number of carbonyl (C=O) groups excluding carboxylic acids is 2. The van der Waals surface area contributed by atoms with Crippen LogP contribution in [0.4, 0.5) is 11.5 Å². The zero-order valence-electron chi connectivity index (χ0n) is 22.6. The Morgan fingerprint density at radius 3 is 2.67 bits per heavy atom. The zero-order chi connectivity index (χ0) is 27.5. The molecule has 1 fully saturated rings. The molecule has 3 aromatic rings. The third kappa shape index (κ3) is 5.62. The van der Waals surface area contributed by atoms with Crippen molar-refractivity contribution in [2.24, 2.45) is 11.8 Å². The number of aromatic nitrogens is 3. The fourth-order valence-electron chi connectivity index (χ4n) is 5.36. The molecule has 1 saturated carbocycles. The average molecular weight is 550 g/mol. The highest BCUT2D eigenvalue weighted by Gasteiger charge is 2.32. The van der Waals surface area contributed by atoms with E-state index >= 15 is 0 Å². The van der Waals surface area contributed by atoms with Gasteiger partial charge in [-0.05, 0) is 55.7 Å². The van der Waals surface area contributed by atoms with E-state index in [1.807, 2.05) is 12.1 Å². The fourth-order valence-corrected chi connectivity index (χ4v) is 6.46. The van der Waals surface area contributed by atoms with E-state index in [0.29, 0.717) is 41.1 Å². The van der Waals surface area contributed by atoms with Crippen molar-refractivity contribution in [1.82, 2.24) is 14.6 Å². The minimum atomic E-state index is -0.443. The molecule has 2 aliphatic carbocycles. The molecule has 5 rings (SSSR count). The number of allylic oxidation sites excluding steroid dienone is 4. The van der Waals surface area contributed by atoms with Crippen LogP contribution >= 0.6 is 11.3 Å². The van der Waals surface area contributed by atoms with Gasteiger partial charge in [0.15, 0.2) is 5.65 Å². The summed E-state index contributed by atoms with van der Waals surface area (Å²) in [5, 5.41) is 4.64. The Labute approximate surface area is 232 Å². The molecule has 0 spiro atoms. The molecule has 3 aromatic heterocycles. The summed E-state index contributed by atoms with van der Waals surface area (Å²) in [6, 6.07) is 5.62. The maximum Gasteiger partial charge on any atom is 0.350 e. The van der Waals surface area contributed by atoms with E-state index in [1.165, 1.54) is 18.4 Å². The first kappa shape index (κ1) is 27.1. The highest BCUT2D eigenvalue weighted by atomic mass is 32.1. The number of thiophene rings is 1. The molecule has 3 heterocycles. The number of nitrogens with zero attached hydrogens (tertiary/aromatic N) is 4. The van der Waals surface area contributed by atoms with E-state index < -0.39 is 5.97 Å². The molecule has 2 N–H and O–H groups in total. The molecule has 0 aliphatic heterocycles. The molecular formula is C29H35N5O4S. The Morgan fingerprint density at radius 2 is 2.00 bits per heavy atom. The van der Waals surface area contributed by atoms with Crippen molar-refractivity contribution in [3.63, 3.8) is 0 Å². The second-order valence-corrected chi connectivity index (χ2v) is 11.4. The lowest BCUT2D eigenvalue weighted by Crippen LogP contribution is -2.40. The van der Waals surface area contributed by atoms with Crippen LogP contribution in [0.25, 0.3) is 11.2 Å². The van der Waals surface area contributed by atoms with Crippen molar-refractivity contribution in [3.8, 4) is 0 Å². The SMILES string of the molecule is COCCN(C(=O)C1CCC(C)CC1)c1cc(C2=CCC(c3cc4nccc(N)n4n3)C=C2)sc1C(=O)OC. The number of ether oxygens (including phenoxy) is 2. The minimum absolute atomic E-state index is 0.0459. The molecule has 9 nitrogen and oxygen atoms in total. The fraction of sp³-hybridized carbons (Fsp3) is 0.448. The van der Waals surface area contributed by atoms with Gasteiger partial charge < -0.3 is 20.1 Å². The number of hydrogen-bond donors (Lipinski definition) is 1. The number of amides is 1.